The lowest BCUT2D eigenvalue weighted by molar-refractivity contribution is -0.254. The second kappa shape index (κ2) is 5.56. The predicted octanol–water partition coefficient (Wildman–Crippen LogP) is 4.28. The predicted molar refractivity (Wildman–Crippen MR) is 68.7 cm³/mol. The van der Waals surface area contributed by atoms with E-state index < -0.39 is 46.0 Å². The van der Waals surface area contributed by atoms with Crippen molar-refractivity contribution in [3.63, 3.8) is 0 Å². The number of rotatable bonds is 2. The van der Waals surface area contributed by atoms with Crippen molar-refractivity contribution in [2.24, 2.45) is 0 Å². The zero-order valence-electron chi connectivity index (χ0n) is 12.0. The Morgan fingerprint density at radius 1 is 1.08 bits per heavy atom. The molecule has 0 spiro atoms. The summed E-state index contributed by atoms with van der Waals surface area (Å²) in [5, 5.41) is 19.0. The van der Waals surface area contributed by atoms with Crippen LogP contribution in [-0.2, 0) is 11.8 Å². The number of aliphatic hydroxyl groups is 1. The lowest BCUT2D eigenvalue weighted by atomic mass is 9.84. The molecule has 0 bridgehead atoms. The lowest BCUT2D eigenvalue weighted by Gasteiger charge is -2.31. The minimum Gasteiger partial charge on any atom is -0.466 e. The van der Waals surface area contributed by atoms with Crippen LogP contribution in [0.15, 0.2) is 34.9 Å². The molecule has 2 rings (SSSR count). The largest absolute Gasteiger partial charge is 0.466 e. The highest BCUT2D eigenvalue weighted by Gasteiger charge is 2.59. The number of nitrogens with zero attached hydrogens (tertiary/aromatic N) is 1. The molecule has 0 saturated heterocycles. The Balaban J connectivity index is 2.87. The molecule has 3 nitrogen and oxygen atoms in total. The molecular weight excluding hydrogens is 340 g/mol. The van der Waals surface area contributed by atoms with Crippen LogP contribution in [-0.4, -0.2) is 11.3 Å². The first kappa shape index (κ1) is 17.9. The van der Waals surface area contributed by atoms with E-state index >= 15 is 0 Å². The summed E-state index contributed by atoms with van der Waals surface area (Å²) in [5.41, 5.74) is -8.12. The zero-order chi connectivity index (χ0) is 18.3. The summed E-state index contributed by atoms with van der Waals surface area (Å²) in [7, 11) is 0. The molecule has 0 radical (unpaired) electrons. The molecule has 1 aromatic carbocycles. The maximum Gasteiger partial charge on any atom is 0.428 e. The van der Waals surface area contributed by atoms with Crippen LogP contribution in [0.4, 0.5) is 26.3 Å². The molecule has 1 unspecified atom stereocenters. The third-order valence-electron chi connectivity index (χ3n) is 3.55. The Bertz CT molecular complexity index is 786. The fraction of sp³-hybridized carbons (Fsp3) is 0.267. The summed E-state index contributed by atoms with van der Waals surface area (Å²) < 4.78 is 84.6. The summed E-state index contributed by atoms with van der Waals surface area (Å²) in [6, 6.07) is 4.38. The normalized spacial score (nSPS) is 15.0. The number of alkyl halides is 6. The van der Waals surface area contributed by atoms with Gasteiger partial charge in [-0.1, -0.05) is 6.07 Å². The maximum atomic E-state index is 13.5. The van der Waals surface area contributed by atoms with Crippen LogP contribution in [0.2, 0.25) is 0 Å². The van der Waals surface area contributed by atoms with Gasteiger partial charge >= 0.3 is 12.4 Å². The highest BCUT2D eigenvalue weighted by atomic mass is 19.4. The average molecular weight is 349 g/mol. The molecule has 0 fully saturated rings. The van der Waals surface area contributed by atoms with Gasteiger partial charge in [-0.15, -0.1) is 0 Å². The van der Waals surface area contributed by atoms with E-state index in [9.17, 15) is 31.4 Å². The van der Waals surface area contributed by atoms with E-state index in [1.54, 1.807) is 0 Å². The minimum absolute atomic E-state index is 0.588. The summed E-state index contributed by atoms with van der Waals surface area (Å²) in [6.45, 7) is 0.763. The third-order valence-corrected chi connectivity index (χ3v) is 3.55. The molecular formula is C15H9F6NO2. The van der Waals surface area contributed by atoms with Crippen molar-refractivity contribution in [2.75, 3.05) is 0 Å². The molecule has 2 aromatic rings. The standard InChI is InChI=1S/C15H9F6NO2/c1-8-10(5-4-9(7-22)12(8)14(16,17)18)13(23,15(19,20)21)11-3-2-6-24-11/h2-6,23H,1H3. The van der Waals surface area contributed by atoms with Crippen molar-refractivity contribution in [3.05, 3.63) is 58.5 Å². The van der Waals surface area contributed by atoms with E-state index in [2.05, 4.69) is 4.42 Å². The SMILES string of the molecule is Cc1c(C(O)(c2ccco2)C(F)(F)F)ccc(C#N)c1C(F)(F)F. The average Bonchev–Trinajstić information content (AvgIpc) is 2.97. The van der Waals surface area contributed by atoms with Crippen LogP contribution >= 0.6 is 0 Å². The lowest BCUT2D eigenvalue weighted by Crippen LogP contribution is -2.44. The van der Waals surface area contributed by atoms with Crippen molar-refractivity contribution < 1.29 is 35.9 Å². The van der Waals surface area contributed by atoms with Crippen LogP contribution < -0.4 is 0 Å². The van der Waals surface area contributed by atoms with Gasteiger partial charge in [-0.25, -0.2) is 0 Å². The number of benzene rings is 1. The van der Waals surface area contributed by atoms with Gasteiger partial charge in [0, 0.05) is 5.56 Å². The monoisotopic (exact) mass is 349 g/mol. The summed E-state index contributed by atoms with van der Waals surface area (Å²) in [4.78, 5) is 0. The molecule has 1 aromatic heterocycles. The molecule has 1 N–H and O–H groups in total. The molecule has 128 valence electrons. The molecule has 0 aliphatic heterocycles. The molecule has 0 amide bonds. The van der Waals surface area contributed by atoms with Gasteiger partial charge in [0.15, 0.2) is 0 Å². The maximum absolute atomic E-state index is 13.5. The van der Waals surface area contributed by atoms with Gasteiger partial charge in [0.2, 0.25) is 5.60 Å². The number of hydrogen-bond acceptors (Lipinski definition) is 3. The summed E-state index contributed by atoms with van der Waals surface area (Å²) in [5.74, 6) is -0.976. The van der Waals surface area contributed by atoms with Crippen LogP contribution in [0, 0.1) is 18.3 Å². The van der Waals surface area contributed by atoms with Crippen molar-refractivity contribution in [1.82, 2.24) is 0 Å². The van der Waals surface area contributed by atoms with Gasteiger partial charge in [-0.2, -0.15) is 31.6 Å². The fourth-order valence-electron chi connectivity index (χ4n) is 2.47. The minimum atomic E-state index is -5.35. The topological polar surface area (TPSA) is 57.2 Å². The Labute approximate surface area is 131 Å². The fourth-order valence-corrected chi connectivity index (χ4v) is 2.47. The van der Waals surface area contributed by atoms with Gasteiger partial charge in [0.05, 0.1) is 23.5 Å². The van der Waals surface area contributed by atoms with E-state index in [4.69, 9.17) is 5.26 Å². The summed E-state index contributed by atoms with van der Waals surface area (Å²) >= 11 is 0. The molecule has 9 heteroatoms. The number of nitriles is 1. The zero-order valence-corrected chi connectivity index (χ0v) is 12.0. The Hall–Kier alpha value is -2.47. The summed E-state index contributed by atoms with van der Waals surface area (Å²) in [6.07, 6.45) is -9.57. The Morgan fingerprint density at radius 3 is 2.12 bits per heavy atom. The smallest absolute Gasteiger partial charge is 0.428 e. The van der Waals surface area contributed by atoms with E-state index in [0.29, 0.717) is 12.1 Å². The van der Waals surface area contributed by atoms with Gasteiger partial charge in [-0.3, -0.25) is 0 Å². The van der Waals surface area contributed by atoms with Crippen molar-refractivity contribution in [3.8, 4) is 6.07 Å². The molecule has 0 aliphatic rings. The van der Waals surface area contributed by atoms with Crippen LogP contribution in [0.3, 0.4) is 0 Å². The third kappa shape index (κ3) is 2.63. The van der Waals surface area contributed by atoms with E-state index in [0.717, 1.165) is 25.3 Å². The van der Waals surface area contributed by atoms with Gasteiger partial charge in [0.25, 0.3) is 0 Å². The van der Waals surface area contributed by atoms with Crippen LogP contribution in [0.25, 0.3) is 0 Å². The second-order valence-corrected chi connectivity index (χ2v) is 4.96. The molecule has 1 atom stereocenters. The van der Waals surface area contributed by atoms with E-state index in [1.807, 2.05) is 0 Å². The first-order chi connectivity index (χ1) is 10.9. The van der Waals surface area contributed by atoms with Crippen LogP contribution in [0.1, 0.15) is 28.0 Å². The van der Waals surface area contributed by atoms with Crippen LogP contribution in [0.5, 0.6) is 0 Å². The second-order valence-electron chi connectivity index (χ2n) is 4.96. The van der Waals surface area contributed by atoms with Gasteiger partial charge in [0.1, 0.15) is 5.76 Å². The first-order valence-electron chi connectivity index (χ1n) is 6.39. The first-order valence-corrected chi connectivity index (χ1v) is 6.39. The molecule has 0 aliphatic carbocycles. The number of furan rings is 1. The molecule has 1 heterocycles. The highest BCUT2D eigenvalue weighted by molar-refractivity contribution is 5.51. The highest BCUT2D eigenvalue weighted by Crippen LogP contribution is 2.47. The van der Waals surface area contributed by atoms with E-state index in [1.165, 1.54) is 6.07 Å². The Kier molecular flexibility index (Phi) is 4.14. The van der Waals surface area contributed by atoms with E-state index in [-0.39, 0.29) is 0 Å². The van der Waals surface area contributed by atoms with Crippen molar-refractivity contribution in [2.45, 2.75) is 24.9 Å². The molecule has 0 saturated carbocycles. The quantitative estimate of drug-likeness (QED) is 0.824. The van der Waals surface area contributed by atoms with Gasteiger partial charge in [-0.05, 0) is 30.7 Å². The number of hydrogen-bond donors (Lipinski definition) is 1. The Morgan fingerprint density at radius 2 is 1.71 bits per heavy atom. The molecule has 24 heavy (non-hydrogen) atoms. The number of halogens is 6. The van der Waals surface area contributed by atoms with Crippen molar-refractivity contribution >= 4 is 0 Å². The van der Waals surface area contributed by atoms with Gasteiger partial charge < -0.3 is 9.52 Å². The van der Waals surface area contributed by atoms with Crippen molar-refractivity contribution in [1.29, 1.82) is 5.26 Å².